The molecule has 150 valence electrons. The van der Waals surface area contributed by atoms with Crippen LogP contribution in [0.1, 0.15) is 36.5 Å². The van der Waals surface area contributed by atoms with Crippen molar-refractivity contribution in [3.8, 4) is 5.75 Å². The van der Waals surface area contributed by atoms with Gasteiger partial charge in [-0.3, -0.25) is 4.79 Å². The average Bonchev–Trinajstić information content (AvgIpc) is 2.72. The summed E-state index contributed by atoms with van der Waals surface area (Å²) in [7, 11) is -3.52. The third-order valence-corrected chi connectivity index (χ3v) is 6.89. The van der Waals surface area contributed by atoms with E-state index in [2.05, 4.69) is 5.32 Å². The first-order valence-electron chi connectivity index (χ1n) is 9.56. The molecule has 0 saturated carbocycles. The van der Waals surface area contributed by atoms with Crippen molar-refractivity contribution in [3.05, 3.63) is 60.2 Å². The van der Waals surface area contributed by atoms with Gasteiger partial charge in [0.25, 0.3) is 5.91 Å². The summed E-state index contributed by atoms with van der Waals surface area (Å²) in [6.07, 6.45) is 2.82. The van der Waals surface area contributed by atoms with Crippen LogP contribution < -0.4 is 10.1 Å². The number of benzene rings is 2. The van der Waals surface area contributed by atoms with Crippen molar-refractivity contribution < 1.29 is 17.9 Å². The van der Waals surface area contributed by atoms with Gasteiger partial charge in [0, 0.05) is 18.2 Å². The smallest absolute Gasteiger partial charge is 0.251 e. The largest absolute Gasteiger partial charge is 0.492 e. The fourth-order valence-corrected chi connectivity index (χ4v) is 4.99. The minimum Gasteiger partial charge on any atom is -0.492 e. The number of rotatable bonds is 7. The molecule has 2 aromatic rings. The van der Waals surface area contributed by atoms with Crippen LogP contribution in [0.15, 0.2) is 59.5 Å². The van der Waals surface area contributed by atoms with Gasteiger partial charge in [-0.15, -0.1) is 0 Å². The lowest BCUT2D eigenvalue weighted by Gasteiger charge is -2.32. The van der Waals surface area contributed by atoms with Gasteiger partial charge < -0.3 is 10.1 Å². The van der Waals surface area contributed by atoms with E-state index in [4.69, 9.17) is 4.74 Å². The molecule has 1 aliphatic heterocycles. The highest BCUT2D eigenvalue weighted by molar-refractivity contribution is 7.89. The molecule has 0 radical (unpaired) electrons. The molecule has 0 aromatic heterocycles. The van der Waals surface area contributed by atoms with E-state index in [0.717, 1.165) is 25.0 Å². The fraction of sp³-hybridized carbons (Fsp3) is 0.381. The molecular weight excluding hydrogens is 376 g/mol. The Hall–Kier alpha value is -2.38. The summed E-state index contributed by atoms with van der Waals surface area (Å²) in [6, 6.07) is 15.5. The predicted octanol–water partition coefficient (Wildman–Crippen LogP) is 3.06. The Labute approximate surface area is 166 Å². The van der Waals surface area contributed by atoms with Crippen molar-refractivity contribution in [1.82, 2.24) is 9.62 Å². The third kappa shape index (κ3) is 4.91. The van der Waals surface area contributed by atoms with E-state index in [1.165, 1.54) is 12.1 Å². The SMILES string of the molecule is CC1CCCCN1S(=O)(=O)c1ccc(C(=O)NCCOc2ccccc2)cc1. The predicted molar refractivity (Wildman–Crippen MR) is 108 cm³/mol. The average molecular weight is 403 g/mol. The molecule has 0 spiro atoms. The van der Waals surface area contributed by atoms with Crippen molar-refractivity contribution in [3.63, 3.8) is 0 Å². The summed E-state index contributed by atoms with van der Waals surface area (Å²) in [5.41, 5.74) is 0.422. The topological polar surface area (TPSA) is 75.7 Å². The second kappa shape index (κ2) is 9.21. The molecule has 1 fully saturated rings. The van der Waals surface area contributed by atoms with E-state index < -0.39 is 10.0 Å². The van der Waals surface area contributed by atoms with Crippen molar-refractivity contribution in [1.29, 1.82) is 0 Å². The number of ether oxygens (including phenoxy) is 1. The first kappa shape index (κ1) is 20.4. The number of carbonyl (C=O) groups is 1. The van der Waals surface area contributed by atoms with Crippen molar-refractivity contribution >= 4 is 15.9 Å². The van der Waals surface area contributed by atoms with Crippen LogP contribution in [0.25, 0.3) is 0 Å². The lowest BCUT2D eigenvalue weighted by Crippen LogP contribution is -2.41. The zero-order valence-electron chi connectivity index (χ0n) is 16.0. The van der Waals surface area contributed by atoms with E-state index in [1.807, 2.05) is 37.3 Å². The van der Waals surface area contributed by atoms with Gasteiger partial charge in [0.2, 0.25) is 10.0 Å². The Bertz CT molecular complexity index is 882. The van der Waals surface area contributed by atoms with E-state index in [1.54, 1.807) is 16.4 Å². The Kier molecular flexibility index (Phi) is 6.70. The minimum atomic E-state index is -3.52. The number of carbonyl (C=O) groups excluding carboxylic acids is 1. The number of amides is 1. The van der Waals surface area contributed by atoms with Crippen LogP contribution in [0.2, 0.25) is 0 Å². The van der Waals surface area contributed by atoms with Crippen LogP contribution in [0.5, 0.6) is 5.75 Å². The van der Waals surface area contributed by atoms with Gasteiger partial charge in [0.1, 0.15) is 12.4 Å². The molecule has 1 atom stereocenters. The number of para-hydroxylation sites is 1. The molecular formula is C21H26N2O4S. The summed E-state index contributed by atoms with van der Waals surface area (Å²) >= 11 is 0. The zero-order chi connectivity index (χ0) is 20.0. The second-order valence-electron chi connectivity index (χ2n) is 6.90. The maximum atomic E-state index is 12.8. The van der Waals surface area contributed by atoms with Crippen molar-refractivity contribution in [2.24, 2.45) is 0 Å². The Morgan fingerprint density at radius 1 is 1.11 bits per heavy atom. The molecule has 7 heteroatoms. The monoisotopic (exact) mass is 402 g/mol. The normalized spacial score (nSPS) is 17.8. The molecule has 1 aliphatic rings. The van der Waals surface area contributed by atoms with Gasteiger partial charge in [-0.2, -0.15) is 4.31 Å². The van der Waals surface area contributed by atoms with Gasteiger partial charge in [-0.05, 0) is 56.2 Å². The van der Waals surface area contributed by atoms with Gasteiger partial charge in [-0.25, -0.2) is 8.42 Å². The molecule has 1 N–H and O–H groups in total. The fourth-order valence-electron chi connectivity index (χ4n) is 3.29. The van der Waals surface area contributed by atoms with E-state index in [0.29, 0.717) is 25.3 Å². The summed E-state index contributed by atoms with van der Waals surface area (Å²) in [5, 5.41) is 2.77. The quantitative estimate of drug-likeness (QED) is 0.722. The van der Waals surface area contributed by atoms with Gasteiger partial charge in [0.05, 0.1) is 11.4 Å². The Morgan fingerprint density at radius 2 is 1.82 bits per heavy atom. The third-order valence-electron chi connectivity index (χ3n) is 4.86. The summed E-state index contributed by atoms with van der Waals surface area (Å²) in [6.45, 7) is 3.21. The maximum Gasteiger partial charge on any atom is 0.251 e. The first-order valence-corrected chi connectivity index (χ1v) is 11.0. The Morgan fingerprint density at radius 3 is 2.50 bits per heavy atom. The minimum absolute atomic E-state index is 0.00587. The molecule has 28 heavy (non-hydrogen) atoms. The zero-order valence-corrected chi connectivity index (χ0v) is 16.8. The van der Waals surface area contributed by atoms with E-state index in [9.17, 15) is 13.2 Å². The summed E-state index contributed by atoms with van der Waals surface area (Å²) in [5.74, 6) is 0.491. The summed E-state index contributed by atoms with van der Waals surface area (Å²) < 4.78 is 32.8. The van der Waals surface area contributed by atoms with E-state index in [-0.39, 0.29) is 16.8 Å². The van der Waals surface area contributed by atoms with Crippen LogP contribution in [0.3, 0.4) is 0 Å². The first-order chi connectivity index (χ1) is 13.5. The maximum absolute atomic E-state index is 12.8. The highest BCUT2D eigenvalue weighted by atomic mass is 32.2. The van der Waals surface area contributed by atoms with Crippen LogP contribution >= 0.6 is 0 Å². The molecule has 1 saturated heterocycles. The van der Waals surface area contributed by atoms with Crippen molar-refractivity contribution in [2.75, 3.05) is 19.7 Å². The molecule has 1 amide bonds. The summed E-state index contributed by atoms with van der Waals surface area (Å²) in [4.78, 5) is 12.5. The van der Waals surface area contributed by atoms with Crippen LogP contribution in [-0.4, -0.2) is 44.4 Å². The van der Waals surface area contributed by atoms with Crippen LogP contribution in [-0.2, 0) is 10.0 Å². The Balaban J connectivity index is 1.55. The van der Waals surface area contributed by atoms with E-state index >= 15 is 0 Å². The highest BCUT2D eigenvalue weighted by Crippen LogP contribution is 2.25. The van der Waals surface area contributed by atoms with Gasteiger partial charge in [-0.1, -0.05) is 24.6 Å². The standard InChI is InChI=1S/C21H26N2O4S/c1-17-7-5-6-15-23(17)28(25,26)20-12-10-18(11-13-20)21(24)22-14-16-27-19-8-3-2-4-9-19/h2-4,8-13,17H,5-7,14-16H2,1H3,(H,22,24). The molecule has 1 unspecified atom stereocenters. The van der Waals surface area contributed by atoms with Gasteiger partial charge >= 0.3 is 0 Å². The molecule has 0 bridgehead atoms. The molecule has 0 aliphatic carbocycles. The number of nitrogens with one attached hydrogen (secondary N) is 1. The van der Waals surface area contributed by atoms with Crippen LogP contribution in [0.4, 0.5) is 0 Å². The lowest BCUT2D eigenvalue weighted by molar-refractivity contribution is 0.0947. The highest BCUT2D eigenvalue weighted by Gasteiger charge is 2.30. The number of nitrogens with zero attached hydrogens (tertiary/aromatic N) is 1. The van der Waals surface area contributed by atoms with Crippen molar-refractivity contribution in [2.45, 2.75) is 37.1 Å². The van der Waals surface area contributed by atoms with Crippen LogP contribution in [0, 0.1) is 0 Å². The molecule has 2 aromatic carbocycles. The molecule has 6 nitrogen and oxygen atoms in total. The number of hydrogen-bond donors (Lipinski definition) is 1. The molecule has 3 rings (SSSR count). The number of piperidine rings is 1. The second-order valence-corrected chi connectivity index (χ2v) is 8.79. The van der Waals surface area contributed by atoms with Gasteiger partial charge in [0.15, 0.2) is 0 Å². The lowest BCUT2D eigenvalue weighted by atomic mass is 10.1. The number of hydrogen-bond acceptors (Lipinski definition) is 4. The molecule has 1 heterocycles. The number of sulfonamides is 1.